The van der Waals surface area contributed by atoms with Crippen LogP contribution < -0.4 is 0 Å². The second kappa shape index (κ2) is 3.40. The van der Waals surface area contributed by atoms with Crippen LogP contribution >= 0.6 is 0 Å². The van der Waals surface area contributed by atoms with Gasteiger partial charge in [-0.1, -0.05) is 49.8 Å². The first-order valence-corrected chi connectivity index (χ1v) is 3.88. The fourth-order valence-corrected chi connectivity index (χ4v) is 1.19. The molecule has 10 heavy (non-hydrogen) atoms. The van der Waals surface area contributed by atoms with Gasteiger partial charge in [0.2, 0.25) is 0 Å². The first-order valence-electron chi connectivity index (χ1n) is 3.88. The Hall–Kier alpha value is -0.780. The largest absolute Gasteiger partial charge is 0.0776 e. The average Bonchev–Trinajstić information content (AvgIpc) is 2.13. The minimum Gasteiger partial charge on any atom is -0.0776 e. The molecule has 1 unspecified atom stereocenters. The third kappa shape index (κ3) is 1.60. The van der Waals surface area contributed by atoms with Crippen molar-refractivity contribution in [1.82, 2.24) is 0 Å². The molecule has 0 heterocycles. The highest BCUT2D eigenvalue weighted by Crippen LogP contribution is 2.17. The summed E-state index contributed by atoms with van der Waals surface area (Å²) in [5.74, 6) is 0.625. The van der Waals surface area contributed by atoms with Gasteiger partial charge in [-0.2, -0.15) is 0 Å². The third-order valence-corrected chi connectivity index (χ3v) is 1.93. The lowest BCUT2D eigenvalue weighted by Gasteiger charge is -2.06. The summed E-state index contributed by atoms with van der Waals surface area (Å²) in [5.41, 5.74) is 1.52. The highest BCUT2D eigenvalue weighted by atomic mass is 14.1. The molecule has 0 saturated carbocycles. The van der Waals surface area contributed by atoms with Crippen LogP contribution in [0.25, 0.3) is 0 Å². The minimum atomic E-state index is 0.625. The molecule has 54 valence electrons. The summed E-state index contributed by atoms with van der Waals surface area (Å²) in [7, 11) is 0. The zero-order valence-corrected chi connectivity index (χ0v) is 6.67. The zero-order valence-electron chi connectivity index (χ0n) is 6.67. The lowest BCUT2D eigenvalue weighted by atomic mass is 9.99. The molecule has 0 spiro atoms. The van der Waals surface area contributed by atoms with Gasteiger partial charge in [-0.05, 0) is 12.3 Å². The molecule has 0 heteroatoms. The van der Waals surface area contributed by atoms with Crippen molar-refractivity contribution in [2.45, 2.75) is 20.3 Å². The van der Waals surface area contributed by atoms with Gasteiger partial charge in [-0.25, -0.2) is 0 Å². The molecular weight excluding hydrogens is 120 g/mol. The normalized spacial score (nSPS) is 24.2. The lowest BCUT2D eigenvalue weighted by Crippen LogP contribution is -1.92. The molecule has 0 nitrogen and oxygen atoms in total. The van der Waals surface area contributed by atoms with Crippen molar-refractivity contribution in [1.29, 1.82) is 0 Å². The molecule has 0 aliphatic heterocycles. The summed E-state index contributed by atoms with van der Waals surface area (Å²) < 4.78 is 0. The van der Waals surface area contributed by atoms with Crippen LogP contribution in [-0.2, 0) is 0 Å². The van der Waals surface area contributed by atoms with Crippen molar-refractivity contribution in [2.24, 2.45) is 5.92 Å². The Kier molecular flexibility index (Phi) is 2.49. The highest BCUT2D eigenvalue weighted by Gasteiger charge is 2.01. The average molecular weight is 134 g/mol. The summed E-state index contributed by atoms with van der Waals surface area (Å²) in [6.07, 6.45) is 11.9. The van der Waals surface area contributed by atoms with E-state index in [4.69, 9.17) is 0 Å². The molecule has 1 rings (SSSR count). The van der Waals surface area contributed by atoms with E-state index in [1.54, 1.807) is 0 Å². The lowest BCUT2D eigenvalue weighted by molar-refractivity contribution is 0.812. The monoisotopic (exact) mass is 134 g/mol. The van der Waals surface area contributed by atoms with Crippen LogP contribution in [0.5, 0.6) is 0 Å². The van der Waals surface area contributed by atoms with E-state index in [0.717, 1.165) is 6.42 Å². The Labute approximate surface area is 62.9 Å². The van der Waals surface area contributed by atoms with E-state index in [1.165, 1.54) is 5.57 Å². The molecule has 0 aromatic heterocycles. The highest BCUT2D eigenvalue weighted by molar-refractivity contribution is 5.25. The Bertz CT molecular complexity index is 182. The fraction of sp³-hybridized carbons (Fsp3) is 0.400. The predicted octanol–water partition coefficient (Wildman–Crippen LogP) is 3.08. The third-order valence-electron chi connectivity index (χ3n) is 1.93. The smallest absolute Gasteiger partial charge is 0.00455 e. The van der Waals surface area contributed by atoms with Gasteiger partial charge in [0.25, 0.3) is 0 Å². The van der Waals surface area contributed by atoms with Crippen LogP contribution in [0.1, 0.15) is 20.3 Å². The van der Waals surface area contributed by atoms with Gasteiger partial charge in [-0.15, -0.1) is 0 Å². The van der Waals surface area contributed by atoms with Gasteiger partial charge < -0.3 is 0 Å². The number of hydrogen-bond acceptors (Lipinski definition) is 0. The summed E-state index contributed by atoms with van der Waals surface area (Å²) in [6, 6.07) is 0. The first-order chi connectivity index (χ1) is 4.84. The van der Waals surface area contributed by atoms with Crippen molar-refractivity contribution in [2.75, 3.05) is 0 Å². The van der Waals surface area contributed by atoms with E-state index in [0.29, 0.717) is 5.92 Å². The maximum atomic E-state index is 2.23. The van der Waals surface area contributed by atoms with Crippen molar-refractivity contribution in [3.8, 4) is 0 Å². The van der Waals surface area contributed by atoms with Gasteiger partial charge >= 0.3 is 0 Å². The molecule has 1 aliphatic rings. The summed E-state index contributed by atoms with van der Waals surface area (Å²) in [6.45, 7) is 4.44. The van der Waals surface area contributed by atoms with Crippen molar-refractivity contribution < 1.29 is 0 Å². The Morgan fingerprint density at radius 3 is 2.80 bits per heavy atom. The standard InChI is InChI=1S/C10H14/c1-3-10-8-6-4-5-7-9(10)2/h4-9H,3H2,1-2H3. The Morgan fingerprint density at radius 2 is 2.10 bits per heavy atom. The van der Waals surface area contributed by atoms with E-state index < -0.39 is 0 Å². The van der Waals surface area contributed by atoms with E-state index in [9.17, 15) is 0 Å². The maximum absolute atomic E-state index is 2.23. The van der Waals surface area contributed by atoms with Crippen LogP contribution in [0, 0.1) is 5.92 Å². The van der Waals surface area contributed by atoms with E-state index >= 15 is 0 Å². The summed E-state index contributed by atoms with van der Waals surface area (Å²) in [4.78, 5) is 0. The first kappa shape index (κ1) is 7.33. The molecule has 0 amide bonds. The van der Waals surface area contributed by atoms with Crippen LogP contribution in [0.4, 0.5) is 0 Å². The van der Waals surface area contributed by atoms with Crippen LogP contribution in [-0.4, -0.2) is 0 Å². The molecule has 0 N–H and O–H groups in total. The van der Waals surface area contributed by atoms with Crippen LogP contribution in [0.2, 0.25) is 0 Å². The topological polar surface area (TPSA) is 0 Å². The zero-order chi connectivity index (χ0) is 7.40. The SMILES string of the molecule is CCC1=CC=CC=CC1C. The van der Waals surface area contributed by atoms with Crippen LogP contribution in [0.15, 0.2) is 36.0 Å². The van der Waals surface area contributed by atoms with E-state index in [-0.39, 0.29) is 0 Å². The quantitative estimate of drug-likeness (QED) is 0.517. The molecular formula is C10H14. The summed E-state index contributed by atoms with van der Waals surface area (Å²) >= 11 is 0. The van der Waals surface area contributed by atoms with E-state index in [1.807, 2.05) is 0 Å². The molecule has 1 atom stereocenters. The van der Waals surface area contributed by atoms with Crippen LogP contribution in [0.3, 0.4) is 0 Å². The maximum Gasteiger partial charge on any atom is -0.00455 e. The Balaban J connectivity index is 2.77. The van der Waals surface area contributed by atoms with Gasteiger partial charge in [0.05, 0.1) is 0 Å². The number of hydrogen-bond donors (Lipinski definition) is 0. The molecule has 0 aromatic rings. The van der Waals surface area contributed by atoms with Crippen molar-refractivity contribution >= 4 is 0 Å². The molecule has 0 bridgehead atoms. The molecule has 0 saturated heterocycles. The number of allylic oxidation sites excluding steroid dienone is 6. The second-order valence-electron chi connectivity index (χ2n) is 2.65. The number of rotatable bonds is 1. The van der Waals surface area contributed by atoms with Gasteiger partial charge in [0.15, 0.2) is 0 Å². The fourth-order valence-electron chi connectivity index (χ4n) is 1.19. The summed E-state index contributed by atoms with van der Waals surface area (Å²) in [5, 5.41) is 0. The van der Waals surface area contributed by atoms with Crippen molar-refractivity contribution in [3.05, 3.63) is 36.0 Å². The molecule has 0 fully saturated rings. The molecule has 0 aromatic carbocycles. The minimum absolute atomic E-state index is 0.625. The Morgan fingerprint density at radius 1 is 1.30 bits per heavy atom. The van der Waals surface area contributed by atoms with Gasteiger partial charge in [0, 0.05) is 0 Å². The van der Waals surface area contributed by atoms with E-state index in [2.05, 4.69) is 44.2 Å². The van der Waals surface area contributed by atoms with Gasteiger partial charge in [0.1, 0.15) is 0 Å². The predicted molar refractivity (Wildman–Crippen MR) is 45.8 cm³/mol. The van der Waals surface area contributed by atoms with Crippen molar-refractivity contribution in [3.63, 3.8) is 0 Å². The molecule has 1 aliphatic carbocycles. The van der Waals surface area contributed by atoms with Gasteiger partial charge in [-0.3, -0.25) is 0 Å². The molecule has 0 radical (unpaired) electrons. The second-order valence-corrected chi connectivity index (χ2v) is 2.65.